The van der Waals surface area contributed by atoms with Crippen molar-refractivity contribution in [2.45, 2.75) is 77.5 Å². The third-order valence-corrected chi connectivity index (χ3v) is 3.53. The van der Waals surface area contributed by atoms with Gasteiger partial charge in [0.15, 0.2) is 0 Å². The molecule has 1 heterocycles. The van der Waals surface area contributed by atoms with Crippen LogP contribution in [0, 0.1) is 0 Å². The molecular weight excluding hydrogens is 226 g/mol. The zero-order chi connectivity index (χ0) is 13.6. The monoisotopic (exact) mass is 257 g/mol. The summed E-state index contributed by atoms with van der Waals surface area (Å²) in [4.78, 5) is 2.52. The maximum atomic E-state index is 9.61. The molecule has 0 aromatic heterocycles. The molecule has 1 aliphatic rings. The Kier molecular flexibility index (Phi) is 6.61. The predicted octanol–water partition coefficient (Wildman–Crippen LogP) is 2.82. The summed E-state index contributed by atoms with van der Waals surface area (Å²) in [5, 5.41) is 9.61. The summed E-state index contributed by atoms with van der Waals surface area (Å²) >= 11 is 0. The molecule has 0 bridgehead atoms. The Morgan fingerprint density at radius 3 is 2.61 bits per heavy atom. The molecule has 1 aliphatic heterocycles. The summed E-state index contributed by atoms with van der Waals surface area (Å²) < 4.78 is 5.82. The fraction of sp³-hybridized carbons (Fsp3) is 1.00. The summed E-state index contributed by atoms with van der Waals surface area (Å²) in [6.45, 7) is 11.1. The van der Waals surface area contributed by atoms with Crippen LogP contribution < -0.4 is 0 Å². The smallest absolute Gasteiger partial charge is 0.0600 e. The van der Waals surface area contributed by atoms with Gasteiger partial charge in [0, 0.05) is 12.6 Å². The molecule has 0 aromatic carbocycles. The van der Waals surface area contributed by atoms with Gasteiger partial charge in [0.05, 0.1) is 18.3 Å². The van der Waals surface area contributed by atoms with Gasteiger partial charge < -0.3 is 9.84 Å². The molecule has 2 unspecified atom stereocenters. The number of ether oxygens (including phenoxy) is 1. The Balaban J connectivity index is 2.41. The molecule has 3 nitrogen and oxygen atoms in total. The Morgan fingerprint density at radius 1 is 1.28 bits per heavy atom. The topological polar surface area (TPSA) is 32.7 Å². The first-order valence-corrected chi connectivity index (χ1v) is 7.44. The zero-order valence-electron chi connectivity index (χ0n) is 12.6. The van der Waals surface area contributed by atoms with E-state index in [1.54, 1.807) is 0 Å². The van der Waals surface area contributed by atoms with Gasteiger partial charge in [0.2, 0.25) is 0 Å². The van der Waals surface area contributed by atoms with Crippen LogP contribution in [0.25, 0.3) is 0 Å². The largest absolute Gasteiger partial charge is 0.393 e. The summed E-state index contributed by atoms with van der Waals surface area (Å²) in [5.41, 5.74) is -0.0500. The molecule has 0 radical (unpaired) electrons. The van der Waals surface area contributed by atoms with Gasteiger partial charge in [-0.3, -0.25) is 4.90 Å². The number of aliphatic hydroxyl groups is 1. The maximum Gasteiger partial charge on any atom is 0.0600 e. The molecule has 0 spiro atoms. The number of rotatable bonds is 5. The van der Waals surface area contributed by atoms with Crippen LogP contribution >= 0.6 is 0 Å². The second kappa shape index (κ2) is 7.46. The lowest BCUT2D eigenvalue weighted by Crippen LogP contribution is -2.40. The quantitative estimate of drug-likeness (QED) is 0.822. The van der Waals surface area contributed by atoms with E-state index in [1.807, 2.05) is 6.92 Å². The van der Waals surface area contributed by atoms with Crippen LogP contribution in [0.3, 0.4) is 0 Å². The van der Waals surface area contributed by atoms with Crippen LogP contribution in [-0.4, -0.2) is 47.4 Å². The molecule has 0 saturated carbocycles. The first-order valence-electron chi connectivity index (χ1n) is 7.44. The second-order valence-electron chi connectivity index (χ2n) is 6.58. The number of aliphatic hydroxyl groups excluding tert-OH is 1. The Labute approximate surface area is 113 Å². The molecule has 108 valence electrons. The predicted molar refractivity (Wildman–Crippen MR) is 75.8 cm³/mol. The van der Waals surface area contributed by atoms with Gasteiger partial charge in [0.1, 0.15) is 0 Å². The highest BCUT2D eigenvalue weighted by atomic mass is 16.5. The van der Waals surface area contributed by atoms with Gasteiger partial charge in [-0.15, -0.1) is 0 Å². The van der Waals surface area contributed by atoms with Crippen molar-refractivity contribution in [3.63, 3.8) is 0 Å². The van der Waals surface area contributed by atoms with Crippen molar-refractivity contribution < 1.29 is 9.84 Å². The highest BCUT2D eigenvalue weighted by Crippen LogP contribution is 2.20. The minimum atomic E-state index is -0.195. The number of likely N-dealkylation sites (tertiary alicyclic amines) is 1. The van der Waals surface area contributed by atoms with E-state index in [9.17, 15) is 5.11 Å². The van der Waals surface area contributed by atoms with E-state index in [-0.39, 0.29) is 11.7 Å². The summed E-state index contributed by atoms with van der Waals surface area (Å²) in [5.74, 6) is 0. The Bertz CT molecular complexity index is 223. The molecular formula is C15H31NO2. The van der Waals surface area contributed by atoms with Gasteiger partial charge in [-0.1, -0.05) is 12.8 Å². The summed E-state index contributed by atoms with van der Waals surface area (Å²) in [6, 6.07) is 0.538. The molecule has 3 heteroatoms. The van der Waals surface area contributed by atoms with Crippen LogP contribution in [0.5, 0.6) is 0 Å². The van der Waals surface area contributed by atoms with E-state index < -0.39 is 0 Å². The highest BCUT2D eigenvalue weighted by Gasteiger charge is 2.22. The van der Waals surface area contributed by atoms with Gasteiger partial charge in [-0.25, -0.2) is 0 Å². The van der Waals surface area contributed by atoms with Crippen molar-refractivity contribution in [1.82, 2.24) is 4.90 Å². The van der Waals surface area contributed by atoms with Gasteiger partial charge in [-0.05, 0) is 53.5 Å². The Morgan fingerprint density at radius 2 is 2.00 bits per heavy atom. The molecule has 1 N–H and O–H groups in total. The van der Waals surface area contributed by atoms with E-state index >= 15 is 0 Å². The fourth-order valence-corrected chi connectivity index (χ4v) is 2.66. The summed E-state index contributed by atoms with van der Waals surface area (Å²) in [6.07, 6.45) is 5.84. The third-order valence-electron chi connectivity index (χ3n) is 3.53. The fourth-order valence-electron chi connectivity index (χ4n) is 2.66. The molecule has 18 heavy (non-hydrogen) atoms. The van der Waals surface area contributed by atoms with E-state index in [0.717, 1.165) is 26.1 Å². The average molecular weight is 257 g/mol. The van der Waals surface area contributed by atoms with Crippen LogP contribution in [0.4, 0.5) is 0 Å². The molecule has 0 aliphatic carbocycles. The van der Waals surface area contributed by atoms with Crippen molar-refractivity contribution in [3.8, 4) is 0 Å². The summed E-state index contributed by atoms with van der Waals surface area (Å²) in [7, 11) is 0. The van der Waals surface area contributed by atoms with Crippen LogP contribution in [0.2, 0.25) is 0 Å². The van der Waals surface area contributed by atoms with Crippen LogP contribution in [0.15, 0.2) is 0 Å². The molecule has 2 atom stereocenters. The lowest BCUT2D eigenvalue weighted by Gasteiger charge is -2.32. The van der Waals surface area contributed by atoms with Gasteiger partial charge >= 0.3 is 0 Å². The molecule has 0 amide bonds. The SMILES string of the molecule is CC(O)CC1CCCCCN1CCOC(C)(C)C. The molecule has 1 saturated heterocycles. The minimum Gasteiger partial charge on any atom is -0.393 e. The normalized spacial score (nSPS) is 24.8. The van der Waals surface area contributed by atoms with Crippen molar-refractivity contribution in [1.29, 1.82) is 0 Å². The van der Waals surface area contributed by atoms with Crippen LogP contribution in [-0.2, 0) is 4.74 Å². The maximum absolute atomic E-state index is 9.61. The third kappa shape index (κ3) is 6.72. The lowest BCUT2D eigenvalue weighted by molar-refractivity contribution is -0.0199. The van der Waals surface area contributed by atoms with E-state index in [2.05, 4.69) is 25.7 Å². The van der Waals surface area contributed by atoms with E-state index in [0.29, 0.717) is 6.04 Å². The van der Waals surface area contributed by atoms with Gasteiger partial charge in [0.25, 0.3) is 0 Å². The van der Waals surface area contributed by atoms with Crippen LogP contribution in [0.1, 0.15) is 59.8 Å². The first-order chi connectivity index (χ1) is 8.38. The minimum absolute atomic E-state index is 0.0500. The Hall–Kier alpha value is -0.120. The zero-order valence-corrected chi connectivity index (χ0v) is 12.6. The van der Waals surface area contributed by atoms with Crippen molar-refractivity contribution in [3.05, 3.63) is 0 Å². The van der Waals surface area contributed by atoms with E-state index in [1.165, 1.54) is 25.7 Å². The standard InChI is InChI=1S/C15H31NO2/c1-13(17)12-14-8-6-5-7-9-16(14)10-11-18-15(2,3)4/h13-14,17H,5-12H2,1-4H3. The molecule has 0 aromatic rings. The number of hydrogen-bond donors (Lipinski definition) is 1. The average Bonchev–Trinajstić information content (AvgIpc) is 2.42. The first kappa shape index (κ1) is 15.9. The number of nitrogens with zero attached hydrogens (tertiary/aromatic N) is 1. The van der Waals surface area contributed by atoms with E-state index in [4.69, 9.17) is 4.74 Å². The highest BCUT2D eigenvalue weighted by molar-refractivity contribution is 4.77. The van der Waals surface area contributed by atoms with Crippen molar-refractivity contribution >= 4 is 0 Å². The van der Waals surface area contributed by atoms with Gasteiger partial charge in [-0.2, -0.15) is 0 Å². The van der Waals surface area contributed by atoms with Crippen molar-refractivity contribution in [2.24, 2.45) is 0 Å². The lowest BCUT2D eigenvalue weighted by atomic mass is 10.0. The molecule has 1 fully saturated rings. The number of hydrogen-bond acceptors (Lipinski definition) is 3. The molecule has 1 rings (SSSR count). The van der Waals surface area contributed by atoms with Crippen molar-refractivity contribution in [2.75, 3.05) is 19.7 Å². The second-order valence-corrected chi connectivity index (χ2v) is 6.58.